The lowest BCUT2D eigenvalue weighted by Gasteiger charge is -2.22. The van der Waals surface area contributed by atoms with Crippen LogP contribution < -0.4 is 0 Å². The first-order chi connectivity index (χ1) is 6.59. The second kappa shape index (κ2) is 4.36. The molecule has 14 heavy (non-hydrogen) atoms. The van der Waals surface area contributed by atoms with E-state index >= 15 is 0 Å². The molecule has 1 saturated heterocycles. The topological polar surface area (TPSA) is 76.2 Å². The van der Waals surface area contributed by atoms with Crippen LogP contribution in [-0.4, -0.2) is 42.7 Å². The number of carbonyl (C=O) groups is 1. The molecule has 1 heterocycles. The second-order valence-corrected chi connectivity index (χ2v) is 5.24. The Morgan fingerprint density at radius 2 is 1.93 bits per heavy atom. The number of rotatable bonds is 4. The van der Waals surface area contributed by atoms with E-state index in [1.54, 1.807) is 0 Å². The van der Waals surface area contributed by atoms with E-state index in [2.05, 4.69) is 9.05 Å². The number of nitrogens with zero attached hydrogens (tertiary/aromatic N) is 2. The summed E-state index contributed by atoms with van der Waals surface area (Å²) in [5, 5.41) is 0. The van der Waals surface area contributed by atoms with Crippen LogP contribution in [0.25, 0.3) is 0 Å². The maximum absolute atomic E-state index is 11.8. The summed E-state index contributed by atoms with van der Waals surface area (Å²) in [4.78, 5) is 11.4. The first-order valence-electron chi connectivity index (χ1n) is 3.73. The first-order valence-corrected chi connectivity index (χ1v) is 5.99. The average molecular weight is 240 g/mol. The third-order valence-corrected chi connectivity index (χ3v) is 4.27. The molecule has 9 heteroatoms. The summed E-state index contributed by atoms with van der Waals surface area (Å²) in [5.74, 6) is 0. The van der Waals surface area contributed by atoms with Gasteiger partial charge in [-0.25, -0.2) is 23.3 Å². The van der Waals surface area contributed by atoms with Crippen LogP contribution in [-0.2, 0) is 18.2 Å². The molecule has 1 aliphatic heterocycles. The van der Waals surface area contributed by atoms with Gasteiger partial charge < -0.3 is 0 Å². The van der Waals surface area contributed by atoms with Gasteiger partial charge in [-0.3, -0.25) is 9.05 Å². The van der Waals surface area contributed by atoms with Crippen molar-refractivity contribution in [3.8, 4) is 0 Å². The highest BCUT2D eigenvalue weighted by Crippen LogP contribution is 2.52. The van der Waals surface area contributed by atoms with Crippen LogP contribution in [0, 0.1) is 0 Å². The molecule has 1 rings (SSSR count). The van der Waals surface area contributed by atoms with Crippen LogP contribution in [0.15, 0.2) is 0 Å². The summed E-state index contributed by atoms with van der Waals surface area (Å²) in [6.07, 6.45) is 0. The molecule has 0 atom stereocenters. The molecule has 0 aromatic heterocycles. The van der Waals surface area contributed by atoms with Gasteiger partial charge in [0.15, 0.2) is 0 Å². The van der Waals surface area contributed by atoms with Crippen molar-refractivity contribution < 1.29 is 23.0 Å². The van der Waals surface area contributed by atoms with Crippen molar-refractivity contribution in [3.05, 3.63) is 0 Å². The third kappa shape index (κ3) is 1.81. The van der Waals surface area contributed by atoms with E-state index in [0.717, 1.165) is 9.34 Å². The van der Waals surface area contributed by atoms with Gasteiger partial charge in [0, 0.05) is 14.2 Å². The molecule has 0 radical (unpaired) electrons. The Morgan fingerprint density at radius 3 is 2.29 bits per heavy atom. The van der Waals surface area contributed by atoms with Gasteiger partial charge in [0.1, 0.15) is 0 Å². The zero-order chi connectivity index (χ0) is 10.8. The van der Waals surface area contributed by atoms with Crippen molar-refractivity contribution >= 4 is 22.4 Å². The number of amides is 2. The molecule has 80 valence electrons. The van der Waals surface area contributed by atoms with Crippen LogP contribution >= 0.6 is 16.4 Å². The molecule has 1 fully saturated rings. The minimum absolute atomic E-state index is 0.174. The second-order valence-electron chi connectivity index (χ2n) is 2.44. The lowest BCUT2D eigenvalue weighted by molar-refractivity contribution is 0.198. The fourth-order valence-corrected chi connectivity index (χ4v) is 2.70. The zero-order valence-corrected chi connectivity index (χ0v) is 9.53. The molecular weight excluding hydrogens is 230 g/mol. The number of hydrogen-bond acceptors (Lipinski definition) is 5. The lowest BCUT2D eigenvalue weighted by atomic mass is 10.7. The van der Waals surface area contributed by atoms with Crippen molar-refractivity contribution in [3.63, 3.8) is 0 Å². The summed E-state index contributed by atoms with van der Waals surface area (Å²) in [6, 6.07) is -0.617. The Hall–Kier alpha value is -0.480. The van der Waals surface area contributed by atoms with Crippen molar-refractivity contribution in [2.75, 3.05) is 27.3 Å². The molecule has 1 aliphatic rings. The van der Waals surface area contributed by atoms with Gasteiger partial charge in [0.05, 0.1) is 13.1 Å². The van der Waals surface area contributed by atoms with Crippen molar-refractivity contribution in [1.82, 2.24) is 9.34 Å². The Labute approximate surface area is 82.8 Å². The van der Waals surface area contributed by atoms with E-state index < -0.39 is 22.4 Å². The molecule has 0 saturated carbocycles. The fourth-order valence-electron chi connectivity index (χ4n) is 1.09. The van der Waals surface area contributed by atoms with Gasteiger partial charge in [-0.1, -0.05) is 0 Å². The van der Waals surface area contributed by atoms with E-state index in [1.165, 1.54) is 14.2 Å². The fraction of sp³-hybridized carbons (Fsp3) is 0.800. The molecule has 0 unspecified atom stereocenters. The lowest BCUT2D eigenvalue weighted by Crippen LogP contribution is -2.25. The smallest absolute Gasteiger partial charge is 0.295 e. The monoisotopic (exact) mass is 240 g/mol. The largest absolute Gasteiger partial charge is 0.438 e. The highest BCUT2D eigenvalue weighted by Gasteiger charge is 2.42. The van der Waals surface area contributed by atoms with Gasteiger partial charge >= 0.3 is 13.8 Å². The number of urea groups is 1. The van der Waals surface area contributed by atoms with Gasteiger partial charge in [-0.2, -0.15) is 0 Å². The molecular formula is C5H10N2O5P2. The zero-order valence-electron chi connectivity index (χ0n) is 7.74. The highest BCUT2D eigenvalue weighted by molar-refractivity contribution is 7.52. The van der Waals surface area contributed by atoms with Gasteiger partial charge in [-0.15, -0.1) is 0 Å². The molecule has 2 amide bonds. The average Bonchev–Trinajstić information content (AvgIpc) is 2.59. The van der Waals surface area contributed by atoms with Crippen LogP contribution in [0.2, 0.25) is 0 Å². The van der Waals surface area contributed by atoms with Crippen molar-refractivity contribution in [1.29, 1.82) is 0 Å². The summed E-state index contributed by atoms with van der Waals surface area (Å²) in [7, 11) is -1.58. The molecule has 0 aromatic carbocycles. The molecule has 0 aromatic rings. The van der Waals surface area contributed by atoms with Crippen LogP contribution in [0.5, 0.6) is 0 Å². The molecule has 7 nitrogen and oxygen atoms in total. The SMILES string of the molecule is COP(=O)(OC)N1CCN(P=O)C1=O. The van der Waals surface area contributed by atoms with Crippen molar-refractivity contribution in [2.24, 2.45) is 0 Å². The summed E-state index contributed by atoms with van der Waals surface area (Å²) < 4.78 is 33.5. The summed E-state index contributed by atoms with van der Waals surface area (Å²) >= 11 is 0. The minimum Gasteiger partial charge on any atom is -0.295 e. The number of carbonyl (C=O) groups excluding carboxylic acids is 1. The van der Waals surface area contributed by atoms with Gasteiger partial charge in [-0.05, 0) is 0 Å². The van der Waals surface area contributed by atoms with Crippen LogP contribution in [0.3, 0.4) is 0 Å². The molecule has 0 N–H and O–H groups in total. The van der Waals surface area contributed by atoms with Crippen molar-refractivity contribution in [2.45, 2.75) is 0 Å². The Kier molecular flexibility index (Phi) is 3.61. The van der Waals surface area contributed by atoms with Gasteiger partial charge in [0.25, 0.3) is 8.61 Å². The number of hydrogen-bond donors (Lipinski definition) is 0. The normalized spacial score (nSPS) is 18.3. The molecule has 0 spiro atoms. The third-order valence-electron chi connectivity index (χ3n) is 1.82. The quantitative estimate of drug-likeness (QED) is 0.693. The maximum Gasteiger partial charge on any atom is 0.438 e. The summed E-state index contributed by atoms with van der Waals surface area (Å²) in [6.45, 7) is 0.410. The van der Waals surface area contributed by atoms with Crippen LogP contribution in [0.1, 0.15) is 0 Å². The Balaban J connectivity index is 2.86. The molecule has 0 bridgehead atoms. The van der Waals surface area contributed by atoms with Gasteiger partial charge in [0.2, 0.25) is 0 Å². The van der Waals surface area contributed by atoms with E-state index in [-0.39, 0.29) is 13.1 Å². The highest BCUT2D eigenvalue weighted by atomic mass is 31.2. The van der Waals surface area contributed by atoms with Crippen LogP contribution in [0.4, 0.5) is 4.79 Å². The van der Waals surface area contributed by atoms with E-state index in [0.29, 0.717) is 0 Å². The van der Waals surface area contributed by atoms with E-state index in [4.69, 9.17) is 0 Å². The van der Waals surface area contributed by atoms with E-state index in [1.807, 2.05) is 0 Å². The van der Waals surface area contributed by atoms with E-state index in [9.17, 15) is 13.9 Å². The predicted octanol–water partition coefficient (Wildman–Crippen LogP) is 1.33. The first kappa shape index (κ1) is 11.6. The minimum atomic E-state index is -3.54. The maximum atomic E-state index is 11.8. The summed E-state index contributed by atoms with van der Waals surface area (Å²) in [5.41, 5.74) is 0. The Morgan fingerprint density at radius 1 is 1.36 bits per heavy atom. The Bertz CT molecular complexity index is 288. The predicted molar refractivity (Wildman–Crippen MR) is 48.0 cm³/mol. The standard InChI is InChI=1S/C5H10N2O5P2/c1-11-14(10,12-2)7-4-3-6(13-9)5(7)8/h3-4H2,1-2H3. The molecule has 0 aliphatic carbocycles.